The number of halogens is 2. The molecule has 0 amide bonds. The van der Waals surface area contributed by atoms with Gasteiger partial charge < -0.3 is 9.64 Å². The number of rotatable bonds is 9. The number of piperazine rings is 1. The Labute approximate surface area is 234 Å². The molecule has 2 aliphatic rings. The Balaban J connectivity index is 1.36. The zero-order valence-corrected chi connectivity index (χ0v) is 23.2. The zero-order chi connectivity index (χ0) is 28.7. The summed E-state index contributed by atoms with van der Waals surface area (Å²) in [6, 6.07) is 9.55. The van der Waals surface area contributed by atoms with Crippen molar-refractivity contribution in [3.05, 3.63) is 85.5 Å². The van der Waals surface area contributed by atoms with Crippen molar-refractivity contribution in [2.75, 3.05) is 37.7 Å². The molecule has 0 spiro atoms. The van der Waals surface area contributed by atoms with Gasteiger partial charge in [0.25, 0.3) is 5.69 Å². The topological polar surface area (TPSA) is 128 Å². The predicted octanol–water partition coefficient (Wildman–Crippen LogP) is 3.76. The summed E-state index contributed by atoms with van der Waals surface area (Å²) in [6.07, 6.45) is 3.52. The van der Waals surface area contributed by atoms with E-state index in [0.29, 0.717) is 23.0 Å². The largest absolute Gasteiger partial charge is 0.486 e. The van der Waals surface area contributed by atoms with Crippen molar-refractivity contribution in [1.29, 1.82) is 0 Å². The van der Waals surface area contributed by atoms with E-state index in [4.69, 9.17) is 16.3 Å². The molecule has 0 atom stereocenters. The molecule has 2 aromatic carbocycles. The highest BCUT2D eigenvalue weighted by atomic mass is 35.5. The van der Waals surface area contributed by atoms with Gasteiger partial charge in [0.05, 0.1) is 29.2 Å². The molecule has 3 aromatic rings. The lowest BCUT2D eigenvalue weighted by molar-refractivity contribution is -0.385. The van der Waals surface area contributed by atoms with Crippen molar-refractivity contribution in [2.24, 2.45) is 5.41 Å². The molecular weight excluding hydrogens is 565 g/mol. The van der Waals surface area contributed by atoms with E-state index in [2.05, 4.69) is 12.0 Å². The summed E-state index contributed by atoms with van der Waals surface area (Å²) < 4.78 is 48.9. The molecule has 14 heteroatoms. The second kappa shape index (κ2) is 10.8. The fraction of sp³-hybridized carbons (Fsp3) is 0.385. The van der Waals surface area contributed by atoms with Crippen LogP contribution in [-0.4, -0.2) is 60.2 Å². The van der Waals surface area contributed by atoms with Gasteiger partial charge in [-0.2, -0.15) is 14.1 Å². The smallest absolute Gasteiger partial charge is 0.316 e. The van der Waals surface area contributed by atoms with Crippen molar-refractivity contribution in [3.8, 4) is 11.4 Å². The molecule has 0 N–H and O–H groups in total. The van der Waals surface area contributed by atoms with E-state index in [-0.39, 0.29) is 48.6 Å². The van der Waals surface area contributed by atoms with Gasteiger partial charge in [0, 0.05) is 54.3 Å². The number of anilines is 1. The highest BCUT2D eigenvalue weighted by molar-refractivity contribution is 7.88. The zero-order valence-electron chi connectivity index (χ0n) is 21.6. The van der Waals surface area contributed by atoms with Crippen LogP contribution in [0.15, 0.2) is 53.5 Å². The maximum absolute atomic E-state index is 14.3. The van der Waals surface area contributed by atoms with Gasteiger partial charge >= 0.3 is 5.56 Å². The predicted molar refractivity (Wildman–Crippen MR) is 147 cm³/mol. The first-order valence-corrected chi connectivity index (χ1v) is 14.6. The molecule has 1 aliphatic heterocycles. The van der Waals surface area contributed by atoms with Crippen molar-refractivity contribution >= 4 is 33.0 Å². The van der Waals surface area contributed by atoms with Gasteiger partial charge in [-0.05, 0) is 37.1 Å². The molecule has 1 saturated carbocycles. The number of benzene rings is 2. The fourth-order valence-electron chi connectivity index (χ4n) is 4.47. The molecule has 2 fully saturated rings. The molecule has 0 unspecified atom stereocenters. The quantitative estimate of drug-likeness (QED) is 0.272. The third kappa shape index (κ3) is 5.96. The molecular formula is C26H27ClFN5O6S. The molecule has 11 nitrogen and oxygen atoms in total. The van der Waals surface area contributed by atoms with E-state index >= 15 is 0 Å². The van der Waals surface area contributed by atoms with Crippen LogP contribution < -0.4 is 15.2 Å². The Morgan fingerprint density at radius 1 is 1.15 bits per heavy atom. The molecule has 0 bridgehead atoms. The third-order valence-corrected chi connectivity index (χ3v) is 9.25. The molecule has 1 saturated heterocycles. The summed E-state index contributed by atoms with van der Waals surface area (Å²) in [6.45, 7) is 3.02. The fourth-order valence-corrected chi connectivity index (χ4v) is 6.17. The summed E-state index contributed by atoms with van der Waals surface area (Å²) in [5.41, 5.74) is -0.174. The van der Waals surface area contributed by atoms with Crippen LogP contribution in [0, 0.1) is 21.3 Å². The Morgan fingerprint density at radius 2 is 1.88 bits per heavy atom. The van der Waals surface area contributed by atoms with Gasteiger partial charge in [-0.25, -0.2) is 12.8 Å². The van der Waals surface area contributed by atoms with E-state index in [1.165, 1.54) is 15.2 Å². The lowest BCUT2D eigenvalue weighted by atomic mass is 10.2. The normalized spacial score (nSPS) is 17.0. The number of aromatic nitrogens is 2. The van der Waals surface area contributed by atoms with Crippen LogP contribution in [0.1, 0.15) is 25.3 Å². The number of ether oxygens (including phenoxy) is 1. The van der Waals surface area contributed by atoms with E-state index < -0.39 is 32.1 Å². The van der Waals surface area contributed by atoms with E-state index in [1.807, 2.05) is 4.90 Å². The standard InChI is InChI=1S/C26H27ClFN5O6S/c1-26(7-8-26)17-39-24-23(15-29-32(25(24)34)20-4-2-3-19(27)14-20)30-9-11-31(12-10-30)40(37,38)16-18-13-21(33(35)36)5-6-22(18)28/h2-6,13-15H,7-12,16-17H2,1H3. The van der Waals surface area contributed by atoms with Crippen molar-refractivity contribution < 1.29 is 22.5 Å². The Kier molecular flexibility index (Phi) is 7.55. The lowest BCUT2D eigenvalue weighted by Crippen LogP contribution is -2.49. The minimum Gasteiger partial charge on any atom is -0.486 e. The molecule has 212 valence electrons. The molecule has 1 aromatic heterocycles. The van der Waals surface area contributed by atoms with Gasteiger partial charge in [0.1, 0.15) is 11.5 Å². The van der Waals surface area contributed by atoms with Gasteiger partial charge in [0.15, 0.2) is 0 Å². The summed E-state index contributed by atoms with van der Waals surface area (Å²) in [5, 5.41) is 15.8. The summed E-state index contributed by atoms with van der Waals surface area (Å²) in [4.78, 5) is 25.7. The summed E-state index contributed by atoms with van der Waals surface area (Å²) >= 11 is 6.11. The molecule has 1 aliphatic carbocycles. The minimum atomic E-state index is -3.97. The van der Waals surface area contributed by atoms with Gasteiger partial charge in [-0.1, -0.05) is 24.6 Å². The van der Waals surface area contributed by atoms with Crippen molar-refractivity contribution in [1.82, 2.24) is 14.1 Å². The first-order chi connectivity index (χ1) is 19.0. The first-order valence-electron chi connectivity index (χ1n) is 12.6. The number of nitro groups is 1. The second-order valence-corrected chi connectivity index (χ2v) is 12.7. The number of sulfonamides is 1. The summed E-state index contributed by atoms with van der Waals surface area (Å²) in [7, 11) is -3.97. The SMILES string of the molecule is CC1(COc2c(N3CCN(S(=O)(=O)Cc4cc([N+](=O)[O-])ccc4F)CC3)cnn(-c3cccc(Cl)c3)c2=O)CC1. The highest BCUT2D eigenvalue weighted by Crippen LogP contribution is 2.45. The number of nitro benzene ring substituents is 1. The number of nitrogens with zero attached hydrogens (tertiary/aromatic N) is 5. The monoisotopic (exact) mass is 591 g/mol. The maximum Gasteiger partial charge on any atom is 0.316 e. The minimum absolute atomic E-state index is 0.00241. The highest BCUT2D eigenvalue weighted by Gasteiger charge is 2.39. The summed E-state index contributed by atoms with van der Waals surface area (Å²) in [5.74, 6) is -1.41. The van der Waals surface area contributed by atoms with Crippen LogP contribution in [0.5, 0.6) is 5.75 Å². The molecule has 5 rings (SSSR count). The van der Waals surface area contributed by atoms with E-state index in [0.717, 1.165) is 31.0 Å². The van der Waals surface area contributed by atoms with Gasteiger partial charge in [0.2, 0.25) is 15.8 Å². The maximum atomic E-state index is 14.3. The van der Waals surface area contributed by atoms with Crippen LogP contribution >= 0.6 is 11.6 Å². The first kappa shape index (κ1) is 28.0. The molecule has 40 heavy (non-hydrogen) atoms. The van der Waals surface area contributed by atoms with Crippen LogP contribution in [0.25, 0.3) is 5.69 Å². The number of non-ortho nitro benzene ring substituents is 1. The Hall–Kier alpha value is -3.55. The van der Waals surface area contributed by atoms with E-state index in [1.54, 1.807) is 24.3 Å². The van der Waals surface area contributed by atoms with Crippen LogP contribution in [0.4, 0.5) is 15.8 Å². The van der Waals surface area contributed by atoms with Crippen LogP contribution in [-0.2, 0) is 15.8 Å². The number of hydrogen-bond acceptors (Lipinski definition) is 8. The second-order valence-electron chi connectivity index (χ2n) is 10.3. The third-order valence-electron chi connectivity index (χ3n) is 7.19. The van der Waals surface area contributed by atoms with E-state index in [9.17, 15) is 27.7 Å². The van der Waals surface area contributed by atoms with Crippen LogP contribution in [0.2, 0.25) is 5.02 Å². The molecule has 0 radical (unpaired) electrons. The van der Waals surface area contributed by atoms with Crippen LogP contribution in [0.3, 0.4) is 0 Å². The van der Waals surface area contributed by atoms with Gasteiger partial charge in [-0.3, -0.25) is 14.9 Å². The lowest BCUT2D eigenvalue weighted by Gasteiger charge is -2.35. The van der Waals surface area contributed by atoms with Gasteiger partial charge in [-0.15, -0.1) is 0 Å². The van der Waals surface area contributed by atoms with Crippen molar-refractivity contribution in [3.63, 3.8) is 0 Å². The average molecular weight is 592 g/mol. The molecule has 2 heterocycles. The number of hydrogen-bond donors (Lipinski definition) is 0. The average Bonchev–Trinajstić information content (AvgIpc) is 3.66. The Bertz CT molecular complexity index is 1620. The van der Waals surface area contributed by atoms with Crippen molar-refractivity contribution in [2.45, 2.75) is 25.5 Å². The Morgan fingerprint density at radius 3 is 2.52 bits per heavy atom.